The highest BCUT2D eigenvalue weighted by Crippen LogP contribution is 2.50. The SMILES string of the molecule is C=CCCC(=O)NCc1nc(C(=O)OC2[C@@H](COP(=O)(O)OC3C[C@H](n4ccc(N)nc4=O)O[C@@H]3COP(=O)(O)O)O[C@@H](n3cnc4c(N)ncnc43)[C@H]2O)c(-c2ccc(C)cc2)o1. The predicted octanol–water partition coefficient (Wildman–Crippen LogP) is 1.18. The number of carbonyl (C=O) groups is 2. The van der Waals surface area contributed by atoms with Gasteiger partial charge in [0.1, 0.15) is 48.3 Å². The maximum atomic E-state index is 14.1. The Hall–Kier alpha value is -5.76. The lowest BCUT2D eigenvalue weighted by atomic mass is 10.1. The Kier molecular flexibility index (Phi) is 13.8. The number of rotatable bonds is 18. The summed E-state index contributed by atoms with van der Waals surface area (Å²) in [6.07, 6.45) is -5.22. The molecule has 2 aliphatic rings. The van der Waals surface area contributed by atoms with Crippen molar-refractivity contribution in [2.75, 3.05) is 24.7 Å². The lowest BCUT2D eigenvalue weighted by Gasteiger charge is -2.23. The molecule has 8 atom stereocenters. The number of phosphoric acid groups is 2. The molecule has 2 aliphatic heterocycles. The number of anilines is 2. The number of esters is 1. The fourth-order valence-corrected chi connectivity index (χ4v) is 8.06. The summed E-state index contributed by atoms with van der Waals surface area (Å²) in [5.41, 5.74) is 11.9. The number of ether oxygens (including phenoxy) is 3. The third-order valence-electron chi connectivity index (χ3n) is 9.82. The molecule has 7 rings (SSSR count). The van der Waals surface area contributed by atoms with Gasteiger partial charge in [-0.15, -0.1) is 6.58 Å². The average Bonchev–Trinajstić information content (AvgIpc) is 4.03. The van der Waals surface area contributed by atoms with Crippen LogP contribution >= 0.6 is 15.6 Å². The second-order valence-electron chi connectivity index (χ2n) is 14.4. The molecule has 2 fully saturated rings. The molecule has 1 aromatic carbocycles. The maximum Gasteiger partial charge on any atom is 0.472 e. The van der Waals surface area contributed by atoms with Crippen molar-refractivity contribution >= 4 is 50.3 Å². The standard InChI is InChI=1S/C36H42N10O16P2/c1-3-4-5-24(47)39-13-25-44-27(30(60-25)19-8-6-18(2)7-9-19)35(49)61-31-22(59-34(29(31)48)46-17-42-28-32(38)40-16-41-33(28)46)15-57-64(54,55)62-20-12-26(45-11-10-23(37)43-36(45)50)58-21(20)14-56-63(51,52)53/h3,6-11,16-17,20-22,26,29,31,34,48H,1,4-5,12-15H2,2H3,(H,39,47)(H,54,55)(H2,37,43,50)(H2,38,40,41)(H2,51,52,53)/t20?,21-,22-,26-,29+,31?,34-/m1/s1. The Morgan fingerprint density at radius 2 is 1.77 bits per heavy atom. The number of allylic oxidation sites excluding steroid dienone is 1. The van der Waals surface area contributed by atoms with E-state index in [1.165, 1.54) is 23.2 Å². The molecule has 26 nitrogen and oxygen atoms in total. The lowest BCUT2D eigenvalue weighted by molar-refractivity contribution is -0.121. The molecule has 4 aromatic heterocycles. The number of aromatic nitrogens is 7. The topological polar surface area (TPSA) is 373 Å². The Morgan fingerprint density at radius 1 is 1.02 bits per heavy atom. The van der Waals surface area contributed by atoms with Crippen LogP contribution in [0.5, 0.6) is 0 Å². The first kappa shape index (κ1) is 46.2. The summed E-state index contributed by atoms with van der Waals surface area (Å²) in [6, 6.07) is 8.13. The van der Waals surface area contributed by atoms with E-state index in [1.807, 2.05) is 6.92 Å². The number of aliphatic hydroxyl groups excluding tert-OH is 1. The fourth-order valence-electron chi connectivity index (χ4n) is 6.76. The van der Waals surface area contributed by atoms with Gasteiger partial charge in [0.15, 0.2) is 35.3 Å². The molecule has 6 heterocycles. The first-order valence-electron chi connectivity index (χ1n) is 19.2. The van der Waals surface area contributed by atoms with Crippen molar-refractivity contribution in [3.8, 4) is 11.3 Å². The van der Waals surface area contributed by atoms with Crippen molar-refractivity contribution in [1.82, 2.24) is 39.4 Å². The Morgan fingerprint density at radius 3 is 2.48 bits per heavy atom. The van der Waals surface area contributed by atoms with E-state index < -0.39 is 83.5 Å². The normalized spacial score (nSPS) is 23.2. The number of fused-ring (bicyclic) bond motifs is 1. The first-order chi connectivity index (χ1) is 30.4. The predicted molar refractivity (Wildman–Crippen MR) is 217 cm³/mol. The van der Waals surface area contributed by atoms with Gasteiger partial charge in [-0.25, -0.2) is 38.7 Å². The molecular weight excluding hydrogens is 890 g/mol. The highest BCUT2D eigenvalue weighted by Gasteiger charge is 2.50. The third kappa shape index (κ3) is 10.8. The van der Waals surface area contributed by atoms with Gasteiger partial charge in [0, 0.05) is 24.6 Å². The van der Waals surface area contributed by atoms with Crippen LogP contribution in [0.2, 0.25) is 0 Å². The van der Waals surface area contributed by atoms with Crippen LogP contribution in [0.25, 0.3) is 22.5 Å². The summed E-state index contributed by atoms with van der Waals surface area (Å²) in [5.74, 6) is -1.67. The second kappa shape index (κ2) is 19.1. The smallest absolute Gasteiger partial charge is 0.452 e. The number of carbonyl (C=O) groups excluding carboxylic acids is 2. The van der Waals surface area contributed by atoms with Gasteiger partial charge in [-0.2, -0.15) is 4.98 Å². The number of hydrogen-bond acceptors (Lipinski definition) is 20. The number of nitrogens with two attached hydrogens (primary N) is 2. The van der Waals surface area contributed by atoms with Gasteiger partial charge in [-0.05, 0) is 19.4 Å². The van der Waals surface area contributed by atoms with Crippen molar-refractivity contribution < 1.29 is 70.7 Å². The van der Waals surface area contributed by atoms with Crippen molar-refractivity contribution in [2.24, 2.45) is 0 Å². The van der Waals surface area contributed by atoms with Gasteiger partial charge in [-0.3, -0.25) is 27.5 Å². The van der Waals surface area contributed by atoms with Crippen molar-refractivity contribution in [3.05, 3.63) is 89.5 Å². The highest BCUT2D eigenvalue weighted by molar-refractivity contribution is 7.47. The zero-order valence-electron chi connectivity index (χ0n) is 33.6. The quantitative estimate of drug-likeness (QED) is 0.0368. The fraction of sp³-hybridized carbons (Fsp3) is 0.389. The zero-order chi connectivity index (χ0) is 45.9. The molecule has 0 spiro atoms. The van der Waals surface area contributed by atoms with Crippen molar-refractivity contribution in [3.63, 3.8) is 0 Å². The van der Waals surface area contributed by atoms with E-state index in [1.54, 1.807) is 30.3 Å². The average molecular weight is 933 g/mol. The molecule has 3 unspecified atom stereocenters. The van der Waals surface area contributed by atoms with Gasteiger partial charge in [0.25, 0.3) is 0 Å². The van der Waals surface area contributed by atoms with E-state index in [-0.39, 0.29) is 65.4 Å². The highest BCUT2D eigenvalue weighted by atomic mass is 31.2. The number of nitrogens with zero attached hydrogens (tertiary/aromatic N) is 7. The summed E-state index contributed by atoms with van der Waals surface area (Å²) >= 11 is 0. The van der Waals surface area contributed by atoms with E-state index in [0.717, 1.165) is 16.5 Å². The minimum Gasteiger partial charge on any atom is -0.452 e. The van der Waals surface area contributed by atoms with Crippen LogP contribution in [-0.2, 0) is 48.3 Å². The van der Waals surface area contributed by atoms with Crippen LogP contribution < -0.4 is 22.5 Å². The number of nitrogen functional groups attached to an aromatic ring is 2. The molecule has 1 amide bonds. The zero-order valence-corrected chi connectivity index (χ0v) is 35.3. The molecule has 9 N–H and O–H groups in total. The van der Waals surface area contributed by atoms with E-state index >= 15 is 0 Å². The number of aliphatic hydroxyl groups is 1. The number of imidazole rings is 1. The summed E-state index contributed by atoms with van der Waals surface area (Å²) in [7, 11) is -10.3. The maximum absolute atomic E-state index is 14.1. The molecule has 2 saturated heterocycles. The summed E-state index contributed by atoms with van der Waals surface area (Å²) in [5, 5.41) is 14.4. The van der Waals surface area contributed by atoms with Crippen LogP contribution in [0.3, 0.4) is 0 Å². The molecule has 0 radical (unpaired) electrons. The van der Waals surface area contributed by atoms with E-state index in [4.69, 9.17) is 39.1 Å². The number of hydrogen-bond donors (Lipinski definition) is 7. The molecule has 0 saturated carbocycles. The Labute approximate surface area is 361 Å². The second-order valence-corrected chi connectivity index (χ2v) is 17.0. The van der Waals surface area contributed by atoms with Gasteiger partial charge in [0.2, 0.25) is 11.8 Å². The van der Waals surface area contributed by atoms with Gasteiger partial charge >= 0.3 is 27.3 Å². The number of aryl methyl sites for hydroxylation is 1. The monoisotopic (exact) mass is 932 g/mol. The summed E-state index contributed by atoms with van der Waals surface area (Å²) in [6.45, 7) is 3.49. The van der Waals surface area contributed by atoms with Crippen molar-refractivity contribution in [1.29, 1.82) is 0 Å². The number of nitrogens with one attached hydrogen (secondary N) is 1. The number of amides is 1. The van der Waals surface area contributed by atoms with Crippen LogP contribution in [0.4, 0.5) is 11.6 Å². The molecule has 64 heavy (non-hydrogen) atoms. The van der Waals surface area contributed by atoms with Gasteiger partial charge < -0.3 is 55.2 Å². The van der Waals surface area contributed by atoms with E-state index in [0.29, 0.717) is 12.0 Å². The molecule has 0 bridgehead atoms. The molecule has 28 heteroatoms. The Bertz CT molecular complexity index is 2670. The number of benzene rings is 1. The van der Waals surface area contributed by atoms with Crippen molar-refractivity contribution in [2.45, 2.75) is 75.7 Å². The lowest BCUT2D eigenvalue weighted by Crippen LogP contribution is -2.38. The van der Waals surface area contributed by atoms with Crippen LogP contribution in [0.1, 0.15) is 53.7 Å². The first-order valence-corrected chi connectivity index (χ1v) is 22.2. The number of phosphoric ester groups is 2. The van der Waals surface area contributed by atoms with Crippen LogP contribution in [0.15, 0.2) is 71.0 Å². The molecule has 342 valence electrons. The minimum atomic E-state index is -5.25. The van der Waals surface area contributed by atoms with E-state index in [2.05, 4.69) is 41.3 Å². The minimum absolute atomic E-state index is 0.00000495. The molecule has 5 aromatic rings. The van der Waals surface area contributed by atoms with E-state index in [9.17, 15) is 43.3 Å². The van der Waals surface area contributed by atoms with Gasteiger partial charge in [-0.1, -0.05) is 35.9 Å². The Balaban J connectivity index is 1.14. The van der Waals surface area contributed by atoms with Gasteiger partial charge in [0.05, 0.1) is 26.1 Å². The summed E-state index contributed by atoms with van der Waals surface area (Å²) in [4.78, 5) is 88.9. The largest absolute Gasteiger partial charge is 0.472 e. The van der Waals surface area contributed by atoms with Crippen LogP contribution in [0, 0.1) is 6.92 Å². The summed E-state index contributed by atoms with van der Waals surface area (Å²) < 4.78 is 66.3. The number of oxazole rings is 1. The molecule has 0 aliphatic carbocycles. The molecular formula is C36H42N10O16P2. The van der Waals surface area contributed by atoms with Crippen LogP contribution in [-0.4, -0.2) is 109 Å². The third-order valence-corrected chi connectivity index (χ3v) is 11.3.